The zero-order valence-electron chi connectivity index (χ0n) is 12.2. The van der Waals surface area contributed by atoms with E-state index in [1.54, 1.807) is 44.4 Å². The van der Waals surface area contributed by atoms with E-state index in [2.05, 4.69) is 20.8 Å². The third-order valence-corrected chi connectivity index (χ3v) is 3.80. The van der Waals surface area contributed by atoms with Gasteiger partial charge in [0.25, 0.3) is 0 Å². The van der Waals surface area contributed by atoms with E-state index in [0.717, 1.165) is 0 Å². The average Bonchev–Trinajstić information content (AvgIpc) is 2.91. The van der Waals surface area contributed by atoms with Crippen LogP contribution < -0.4 is 10.6 Å². The van der Waals surface area contributed by atoms with Crippen LogP contribution in [0.2, 0.25) is 0 Å². The Balaban J connectivity index is 1.75. The van der Waals surface area contributed by atoms with Gasteiger partial charge in [-0.2, -0.15) is 0 Å². The van der Waals surface area contributed by atoms with Gasteiger partial charge in [0.05, 0.1) is 22.9 Å². The van der Waals surface area contributed by atoms with Crippen LogP contribution in [0.1, 0.15) is 12.7 Å². The minimum absolute atomic E-state index is 0.168. The second-order valence-electron chi connectivity index (χ2n) is 4.56. The summed E-state index contributed by atoms with van der Waals surface area (Å²) in [6, 6.07) is 5.11. The summed E-state index contributed by atoms with van der Waals surface area (Å²) in [5.74, 6) is 0.741. The van der Waals surface area contributed by atoms with Crippen molar-refractivity contribution in [2.24, 2.45) is 0 Å². The third-order valence-electron chi connectivity index (χ3n) is 2.66. The van der Waals surface area contributed by atoms with Crippen LogP contribution in [0.4, 0.5) is 11.5 Å². The molecule has 2 N–H and O–H groups in total. The van der Waals surface area contributed by atoms with Gasteiger partial charge >= 0.3 is 0 Å². The van der Waals surface area contributed by atoms with Crippen LogP contribution in [0.25, 0.3) is 0 Å². The molecule has 0 bridgehead atoms. The summed E-state index contributed by atoms with van der Waals surface area (Å²) in [7, 11) is 0. The van der Waals surface area contributed by atoms with Crippen LogP contribution in [0.3, 0.4) is 0 Å². The fourth-order valence-electron chi connectivity index (χ4n) is 1.56. The monoisotopic (exact) mass is 320 g/mol. The lowest BCUT2D eigenvalue weighted by Gasteiger charge is -2.10. The van der Waals surface area contributed by atoms with E-state index in [1.165, 1.54) is 11.8 Å². The molecule has 1 unspecified atom stereocenters. The second-order valence-corrected chi connectivity index (χ2v) is 5.88. The molecule has 8 heteroatoms. The lowest BCUT2D eigenvalue weighted by molar-refractivity contribution is -0.115. The summed E-state index contributed by atoms with van der Waals surface area (Å²) in [4.78, 5) is 27.6. The van der Waals surface area contributed by atoms with Crippen molar-refractivity contribution < 1.29 is 14.1 Å². The van der Waals surface area contributed by atoms with E-state index in [1.807, 2.05) is 0 Å². The van der Waals surface area contributed by atoms with E-state index < -0.39 is 5.25 Å². The van der Waals surface area contributed by atoms with Crippen molar-refractivity contribution in [1.82, 2.24) is 10.1 Å². The first kappa shape index (κ1) is 16.0. The molecule has 2 rings (SSSR count). The molecule has 0 saturated heterocycles. The van der Waals surface area contributed by atoms with E-state index in [0.29, 0.717) is 17.3 Å². The Hall–Kier alpha value is -2.35. The van der Waals surface area contributed by atoms with Gasteiger partial charge in [0.1, 0.15) is 5.76 Å². The Morgan fingerprint density at radius 3 is 2.86 bits per heavy atom. The van der Waals surface area contributed by atoms with Crippen molar-refractivity contribution in [3.8, 4) is 0 Å². The van der Waals surface area contributed by atoms with Gasteiger partial charge < -0.3 is 15.2 Å². The Labute approximate surface area is 131 Å². The highest BCUT2D eigenvalue weighted by Gasteiger charge is 2.16. The highest BCUT2D eigenvalue weighted by molar-refractivity contribution is 8.01. The van der Waals surface area contributed by atoms with Gasteiger partial charge in [-0.15, -0.1) is 11.8 Å². The van der Waals surface area contributed by atoms with E-state index in [-0.39, 0.29) is 17.6 Å². The van der Waals surface area contributed by atoms with Gasteiger partial charge in [-0.1, -0.05) is 5.16 Å². The molecule has 1 atom stereocenters. The van der Waals surface area contributed by atoms with Crippen molar-refractivity contribution in [2.75, 3.05) is 16.4 Å². The molecule has 0 aliphatic heterocycles. The van der Waals surface area contributed by atoms with Crippen molar-refractivity contribution >= 4 is 35.1 Å². The molecule has 0 aliphatic carbocycles. The number of thioether (sulfide) groups is 1. The Kier molecular flexibility index (Phi) is 5.54. The number of amides is 2. The number of carbonyl (C=O) groups is 2. The number of aromatic nitrogens is 2. The summed E-state index contributed by atoms with van der Waals surface area (Å²) in [6.07, 6.45) is 3.19. The molecule has 116 valence electrons. The molecule has 2 aromatic heterocycles. The highest BCUT2D eigenvalue weighted by atomic mass is 32.2. The molecule has 2 heterocycles. The predicted octanol–water partition coefficient (Wildman–Crippen LogP) is 2.08. The fourth-order valence-corrected chi connectivity index (χ4v) is 2.25. The highest BCUT2D eigenvalue weighted by Crippen LogP contribution is 2.15. The summed E-state index contributed by atoms with van der Waals surface area (Å²) in [5, 5.41) is 8.63. The van der Waals surface area contributed by atoms with E-state index >= 15 is 0 Å². The van der Waals surface area contributed by atoms with Gasteiger partial charge in [0.2, 0.25) is 11.8 Å². The quantitative estimate of drug-likeness (QED) is 0.846. The van der Waals surface area contributed by atoms with Crippen LogP contribution >= 0.6 is 11.8 Å². The summed E-state index contributed by atoms with van der Waals surface area (Å²) < 4.78 is 4.87. The standard InChI is InChI=1S/C14H16N4O3S/c1-9-6-12(18-21-9)17-14(20)10(2)22-8-13(19)16-11-4-3-5-15-7-11/h3-7,10H,8H2,1-2H3,(H,16,19)(H,17,18,20). The van der Waals surface area contributed by atoms with Gasteiger partial charge in [0, 0.05) is 12.3 Å². The molecule has 0 fully saturated rings. The number of hydrogen-bond acceptors (Lipinski definition) is 6. The molecular weight excluding hydrogens is 304 g/mol. The first-order valence-electron chi connectivity index (χ1n) is 6.60. The molecule has 22 heavy (non-hydrogen) atoms. The summed E-state index contributed by atoms with van der Waals surface area (Å²) in [5.41, 5.74) is 0.628. The first-order chi connectivity index (χ1) is 10.5. The predicted molar refractivity (Wildman–Crippen MR) is 84.7 cm³/mol. The van der Waals surface area contributed by atoms with Crippen LogP contribution in [0.15, 0.2) is 35.1 Å². The second kappa shape index (κ2) is 7.60. The molecule has 2 amide bonds. The van der Waals surface area contributed by atoms with E-state index in [9.17, 15) is 9.59 Å². The smallest absolute Gasteiger partial charge is 0.238 e. The van der Waals surface area contributed by atoms with E-state index in [4.69, 9.17) is 4.52 Å². The van der Waals surface area contributed by atoms with Crippen LogP contribution in [0.5, 0.6) is 0 Å². The summed E-state index contributed by atoms with van der Waals surface area (Å²) >= 11 is 1.24. The molecule has 0 aromatic carbocycles. The topological polar surface area (TPSA) is 97.1 Å². The third kappa shape index (κ3) is 4.88. The van der Waals surface area contributed by atoms with Crippen LogP contribution in [0, 0.1) is 6.92 Å². The molecule has 0 aliphatic rings. The number of anilines is 2. The molecule has 2 aromatic rings. The molecule has 0 saturated carbocycles. The van der Waals surface area contributed by atoms with Gasteiger partial charge in [-0.3, -0.25) is 14.6 Å². The zero-order chi connectivity index (χ0) is 15.9. The fraction of sp³-hybridized carbons (Fsp3) is 0.286. The minimum atomic E-state index is -0.392. The Bertz CT molecular complexity index is 645. The average molecular weight is 320 g/mol. The maximum Gasteiger partial charge on any atom is 0.238 e. The number of nitrogens with one attached hydrogen (secondary N) is 2. The van der Waals surface area contributed by atoms with Crippen LogP contribution in [-0.4, -0.2) is 33.0 Å². The number of rotatable bonds is 6. The number of hydrogen-bond donors (Lipinski definition) is 2. The molecule has 0 spiro atoms. The van der Waals surface area contributed by atoms with Gasteiger partial charge in [0.15, 0.2) is 5.82 Å². The lowest BCUT2D eigenvalue weighted by Crippen LogP contribution is -2.25. The molecule has 0 radical (unpaired) electrons. The summed E-state index contributed by atoms with van der Waals surface area (Å²) in [6.45, 7) is 3.47. The lowest BCUT2D eigenvalue weighted by atomic mass is 10.4. The zero-order valence-corrected chi connectivity index (χ0v) is 13.0. The molecule has 7 nitrogen and oxygen atoms in total. The Morgan fingerprint density at radius 1 is 1.41 bits per heavy atom. The maximum absolute atomic E-state index is 11.9. The molecular formula is C14H16N4O3S. The number of nitrogens with zero attached hydrogens (tertiary/aromatic N) is 2. The van der Waals surface area contributed by atoms with Crippen molar-refractivity contribution in [1.29, 1.82) is 0 Å². The number of aryl methyl sites for hydroxylation is 1. The maximum atomic E-state index is 11.9. The van der Waals surface area contributed by atoms with Crippen LogP contribution in [-0.2, 0) is 9.59 Å². The van der Waals surface area contributed by atoms with Gasteiger partial charge in [-0.05, 0) is 26.0 Å². The van der Waals surface area contributed by atoms with Crippen molar-refractivity contribution in [3.05, 3.63) is 36.4 Å². The van der Waals surface area contributed by atoms with Gasteiger partial charge in [-0.25, -0.2) is 0 Å². The SMILES string of the molecule is Cc1cc(NC(=O)C(C)SCC(=O)Nc2cccnc2)no1. The number of pyridine rings is 1. The number of carbonyl (C=O) groups excluding carboxylic acids is 2. The normalized spacial score (nSPS) is 11.7. The van der Waals surface area contributed by atoms with Crippen molar-refractivity contribution in [2.45, 2.75) is 19.1 Å². The first-order valence-corrected chi connectivity index (χ1v) is 7.65. The van der Waals surface area contributed by atoms with Crippen molar-refractivity contribution in [3.63, 3.8) is 0 Å². The Morgan fingerprint density at radius 2 is 2.23 bits per heavy atom. The minimum Gasteiger partial charge on any atom is -0.360 e. The largest absolute Gasteiger partial charge is 0.360 e.